The summed E-state index contributed by atoms with van der Waals surface area (Å²) in [6.07, 6.45) is 2.01. The summed E-state index contributed by atoms with van der Waals surface area (Å²) in [7, 11) is 0. The fraction of sp³-hybridized carbons (Fsp3) is 0.500. The lowest BCUT2D eigenvalue weighted by Gasteiger charge is -2.23. The molecule has 2 N–H and O–H groups in total. The number of nitrogens with zero attached hydrogens (tertiary/aromatic N) is 2. The van der Waals surface area contributed by atoms with Gasteiger partial charge in [0.1, 0.15) is 5.82 Å². The Labute approximate surface area is 125 Å². The van der Waals surface area contributed by atoms with Gasteiger partial charge in [0.25, 0.3) is 0 Å². The molecule has 1 unspecified atom stereocenters. The van der Waals surface area contributed by atoms with Crippen LogP contribution < -0.4 is 5.73 Å². The van der Waals surface area contributed by atoms with Crippen LogP contribution in [0, 0.1) is 17.1 Å². The van der Waals surface area contributed by atoms with Crippen LogP contribution in [0.3, 0.4) is 0 Å². The van der Waals surface area contributed by atoms with E-state index in [2.05, 4.69) is 0 Å². The van der Waals surface area contributed by atoms with Crippen molar-refractivity contribution < 1.29 is 9.18 Å². The number of nitrogens with two attached hydrogens (primary N) is 1. The van der Waals surface area contributed by atoms with Crippen molar-refractivity contribution in [1.82, 2.24) is 4.90 Å². The van der Waals surface area contributed by atoms with Gasteiger partial charge in [0.05, 0.1) is 11.6 Å². The molecular weight excluding hydrogens is 269 g/mol. The summed E-state index contributed by atoms with van der Waals surface area (Å²) in [5.74, 6) is -0.527. The van der Waals surface area contributed by atoms with Crippen molar-refractivity contribution in [2.75, 3.05) is 6.54 Å². The van der Waals surface area contributed by atoms with Gasteiger partial charge in [-0.15, -0.1) is 0 Å². The first-order chi connectivity index (χ1) is 10.0. The number of carbonyl (C=O) groups is 1. The first-order valence-electron chi connectivity index (χ1n) is 7.23. The maximum absolute atomic E-state index is 13.9. The van der Waals surface area contributed by atoms with Crippen LogP contribution >= 0.6 is 0 Å². The Balaban J connectivity index is 2.74. The second kappa shape index (κ2) is 8.38. The van der Waals surface area contributed by atoms with Crippen molar-refractivity contribution in [2.24, 2.45) is 5.73 Å². The number of nitriles is 1. The average molecular weight is 291 g/mol. The molecule has 1 aromatic rings. The second-order valence-electron chi connectivity index (χ2n) is 5.08. The standard InChI is InChI=1S/C16H22FN3O/c1-3-5-14(19)9-16(21)20(4-2)11-13-7-6-12(10-18)8-15(13)17/h6-8,14H,3-5,9,11,19H2,1-2H3. The fourth-order valence-corrected chi connectivity index (χ4v) is 2.15. The molecule has 0 aromatic heterocycles. The zero-order valence-electron chi connectivity index (χ0n) is 12.6. The van der Waals surface area contributed by atoms with E-state index in [9.17, 15) is 9.18 Å². The highest BCUT2D eigenvalue weighted by Crippen LogP contribution is 2.14. The quantitative estimate of drug-likeness (QED) is 0.839. The largest absolute Gasteiger partial charge is 0.338 e. The monoisotopic (exact) mass is 291 g/mol. The summed E-state index contributed by atoms with van der Waals surface area (Å²) in [5.41, 5.74) is 6.57. The van der Waals surface area contributed by atoms with E-state index in [0.29, 0.717) is 12.1 Å². The molecule has 0 fully saturated rings. The van der Waals surface area contributed by atoms with Crippen LogP contribution in [0.5, 0.6) is 0 Å². The lowest BCUT2D eigenvalue weighted by atomic mass is 10.1. The number of carbonyl (C=O) groups excluding carboxylic acids is 1. The fourth-order valence-electron chi connectivity index (χ4n) is 2.15. The van der Waals surface area contributed by atoms with E-state index in [4.69, 9.17) is 11.0 Å². The van der Waals surface area contributed by atoms with E-state index < -0.39 is 5.82 Å². The molecule has 1 atom stereocenters. The summed E-state index contributed by atoms with van der Waals surface area (Å²) >= 11 is 0. The van der Waals surface area contributed by atoms with Crippen molar-refractivity contribution in [3.05, 3.63) is 35.1 Å². The molecule has 114 valence electrons. The van der Waals surface area contributed by atoms with Crippen molar-refractivity contribution in [1.29, 1.82) is 5.26 Å². The van der Waals surface area contributed by atoms with Crippen LogP contribution in [0.15, 0.2) is 18.2 Å². The van der Waals surface area contributed by atoms with E-state index in [0.717, 1.165) is 12.8 Å². The van der Waals surface area contributed by atoms with Gasteiger partial charge in [-0.3, -0.25) is 4.79 Å². The SMILES string of the molecule is CCCC(N)CC(=O)N(CC)Cc1ccc(C#N)cc1F. The minimum absolute atomic E-state index is 0.0674. The molecule has 21 heavy (non-hydrogen) atoms. The molecule has 0 aliphatic rings. The number of amides is 1. The zero-order chi connectivity index (χ0) is 15.8. The molecule has 0 aliphatic heterocycles. The van der Waals surface area contributed by atoms with E-state index in [-0.39, 0.29) is 30.5 Å². The van der Waals surface area contributed by atoms with Crippen molar-refractivity contribution in [2.45, 2.75) is 45.7 Å². The zero-order valence-corrected chi connectivity index (χ0v) is 12.6. The van der Waals surface area contributed by atoms with Crippen molar-refractivity contribution in [3.63, 3.8) is 0 Å². The molecule has 1 rings (SSSR count). The Morgan fingerprint density at radius 2 is 2.19 bits per heavy atom. The normalized spacial score (nSPS) is 11.8. The van der Waals surface area contributed by atoms with E-state index in [1.54, 1.807) is 17.0 Å². The van der Waals surface area contributed by atoms with E-state index in [1.807, 2.05) is 19.9 Å². The first kappa shape index (κ1) is 17.1. The van der Waals surface area contributed by atoms with E-state index in [1.165, 1.54) is 6.07 Å². The third-order valence-corrected chi connectivity index (χ3v) is 3.37. The van der Waals surface area contributed by atoms with Gasteiger partial charge in [0.2, 0.25) is 5.91 Å². The molecule has 0 spiro atoms. The molecule has 0 bridgehead atoms. The highest BCUT2D eigenvalue weighted by Gasteiger charge is 2.17. The summed E-state index contributed by atoms with van der Waals surface area (Å²) in [5, 5.41) is 8.72. The summed E-state index contributed by atoms with van der Waals surface area (Å²) < 4.78 is 13.9. The van der Waals surface area contributed by atoms with Crippen LogP contribution in [0.25, 0.3) is 0 Å². The van der Waals surface area contributed by atoms with Crippen LogP contribution in [0.2, 0.25) is 0 Å². The average Bonchev–Trinajstić information content (AvgIpc) is 2.45. The van der Waals surface area contributed by atoms with Gasteiger partial charge in [-0.25, -0.2) is 4.39 Å². The predicted octanol–water partition coefficient (Wildman–Crippen LogP) is 2.56. The molecule has 0 radical (unpaired) electrons. The summed E-state index contributed by atoms with van der Waals surface area (Å²) in [4.78, 5) is 13.8. The molecule has 0 saturated carbocycles. The van der Waals surface area contributed by atoms with Crippen LogP contribution in [-0.2, 0) is 11.3 Å². The van der Waals surface area contributed by atoms with Crippen molar-refractivity contribution in [3.8, 4) is 6.07 Å². The second-order valence-corrected chi connectivity index (χ2v) is 5.08. The number of hydrogen-bond acceptors (Lipinski definition) is 3. The summed E-state index contributed by atoms with van der Waals surface area (Å²) in [6, 6.07) is 6.03. The predicted molar refractivity (Wildman–Crippen MR) is 79.7 cm³/mol. The highest BCUT2D eigenvalue weighted by molar-refractivity contribution is 5.76. The van der Waals surface area contributed by atoms with Gasteiger partial charge in [0.15, 0.2) is 0 Å². The lowest BCUT2D eigenvalue weighted by Crippen LogP contribution is -2.35. The third kappa shape index (κ3) is 5.16. The maximum atomic E-state index is 13.9. The van der Waals surface area contributed by atoms with Gasteiger partial charge in [0, 0.05) is 31.1 Å². The third-order valence-electron chi connectivity index (χ3n) is 3.37. The Hall–Kier alpha value is -1.93. The van der Waals surface area contributed by atoms with Gasteiger partial charge in [-0.05, 0) is 25.5 Å². The molecule has 0 saturated heterocycles. The number of halogens is 1. The number of rotatable bonds is 7. The lowest BCUT2D eigenvalue weighted by molar-refractivity contribution is -0.132. The summed E-state index contributed by atoms with van der Waals surface area (Å²) in [6.45, 7) is 4.57. The topological polar surface area (TPSA) is 70.1 Å². The molecular formula is C16H22FN3O. The Kier molecular flexibility index (Phi) is 6.83. The Bertz CT molecular complexity index is 525. The van der Waals surface area contributed by atoms with Gasteiger partial charge in [-0.1, -0.05) is 19.4 Å². The molecule has 5 heteroatoms. The molecule has 4 nitrogen and oxygen atoms in total. The van der Waals surface area contributed by atoms with Crippen LogP contribution in [0.4, 0.5) is 4.39 Å². The smallest absolute Gasteiger partial charge is 0.224 e. The van der Waals surface area contributed by atoms with E-state index >= 15 is 0 Å². The van der Waals surface area contributed by atoms with Gasteiger partial charge in [-0.2, -0.15) is 5.26 Å². The van der Waals surface area contributed by atoms with Crippen LogP contribution in [0.1, 0.15) is 44.2 Å². The van der Waals surface area contributed by atoms with Gasteiger partial charge < -0.3 is 10.6 Å². The number of benzene rings is 1. The van der Waals surface area contributed by atoms with Crippen molar-refractivity contribution >= 4 is 5.91 Å². The van der Waals surface area contributed by atoms with Crippen LogP contribution in [-0.4, -0.2) is 23.4 Å². The minimum atomic E-state index is -0.460. The molecule has 0 aliphatic carbocycles. The number of hydrogen-bond donors (Lipinski definition) is 1. The maximum Gasteiger partial charge on any atom is 0.224 e. The molecule has 1 aromatic carbocycles. The minimum Gasteiger partial charge on any atom is -0.338 e. The molecule has 0 heterocycles. The Morgan fingerprint density at radius 3 is 2.71 bits per heavy atom. The first-order valence-corrected chi connectivity index (χ1v) is 7.23. The highest BCUT2D eigenvalue weighted by atomic mass is 19.1. The van der Waals surface area contributed by atoms with Gasteiger partial charge >= 0.3 is 0 Å². The Morgan fingerprint density at radius 1 is 1.48 bits per heavy atom. The molecule has 1 amide bonds.